The average molecular weight is 236 g/mol. The number of hydrogen-bond donors (Lipinski definition) is 1. The van der Waals surface area contributed by atoms with Crippen molar-refractivity contribution in [1.82, 2.24) is 4.98 Å². The predicted octanol–water partition coefficient (Wildman–Crippen LogP) is 1.27. The lowest BCUT2D eigenvalue weighted by atomic mass is 10.4. The van der Waals surface area contributed by atoms with Crippen molar-refractivity contribution in [3.8, 4) is 11.5 Å². The molecule has 16 heavy (non-hydrogen) atoms. The Balaban J connectivity index is 2.28. The maximum absolute atomic E-state index is 12.2. The first kappa shape index (κ1) is 10.7. The van der Waals surface area contributed by atoms with Crippen LogP contribution in [0.4, 0.5) is 19.0 Å². The summed E-state index contributed by atoms with van der Waals surface area (Å²) in [4.78, 5) is 13.9. The minimum Gasteiger partial charge on any atom is -0.452 e. The van der Waals surface area contributed by atoms with Gasteiger partial charge in [-0.25, -0.2) is 0 Å². The van der Waals surface area contributed by atoms with Gasteiger partial charge < -0.3 is 14.5 Å². The number of H-pyrrole nitrogens is 1. The van der Waals surface area contributed by atoms with Crippen molar-refractivity contribution in [2.75, 3.05) is 18.7 Å². The third kappa shape index (κ3) is 1.55. The molecule has 5 nitrogen and oxygen atoms in total. The number of halogens is 3. The Morgan fingerprint density at radius 2 is 2.19 bits per heavy atom. The van der Waals surface area contributed by atoms with Crippen LogP contribution in [0, 0.1) is 0 Å². The van der Waals surface area contributed by atoms with Gasteiger partial charge in [-0.15, -0.1) is 0 Å². The summed E-state index contributed by atoms with van der Waals surface area (Å²) in [5, 5.41) is 0. The van der Waals surface area contributed by atoms with E-state index >= 15 is 0 Å². The normalized spacial score (nSPS) is 14.0. The molecular weight excluding hydrogens is 229 g/mol. The number of carbonyl (C=O) groups is 1. The zero-order valence-electron chi connectivity index (χ0n) is 8.09. The van der Waals surface area contributed by atoms with Gasteiger partial charge in [0.2, 0.25) is 12.5 Å². The fourth-order valence-electron chi connectivity index (χ4n) is 1.32. The summed E-state index contributed by atoms with van der Waals surface area (Å²) in [6.07, 6.45) is -3.59. The minimum atomic E-state index is -4.92. The molecule has 0 saturated carbocycles. The van der Waals surface area contributed by atoms with Gasteiger partial charge in [-0.3, -0.25) is 9.69 Å². The average Bonchev–Trinajstić information content (AvgIpc) is 2.74. The highest BCUT2D eigenvalue weighted by Crippen LogP contribution is 2.41. The van der Waals surface area contributed by atoms with Crippen molar-refractivity contribution in [3.63, 3.8) is 0 Å². The fraction of sp³-hybridized carbons (Fsp3) is 0.375. The van der Waals surface area contributed by atoms with Crippen LogP contribution in [0.5, 0.6) is 11.5 Å². The number of anilines is 1. The van der Waals surface area contributed by atoms with E-state index in [0.717, 1.165) is 7.05 Å². The molecule has 1 aromatic rings. The topological polar surface area (TPSA) is 54.6 Å². The van der Waals surface area contributed by atoms with Gasteiger partial charge in [-0.1, -0.05) is 0 Å². The van der Waals surface area contributed by atoms with Gasteiger partial charge in [-0.2, -0.15) is 13.2 Å². The maximum Gasteiger partial charge on any atom is 0.471 e. The number of ether oxygens (including phenoxy) is 2. The molecule has 0 spiro atoms. The molecule has 0 unspecified atom stereocenters. The molecule has 0 bridgehead atoms. The molecule has 2 heterocycles. The maximum atomic E-state index is 12.2. The lowest BCUT2D eigenvalue weighted by Crippen LogP contribution is -2.38. The van der Waals surface area contributed by atoms with Crippen LogP contribution >= 0.6 is 0 Å². The monoisotopic (exact) mass is 236 g/mol. The lowest BCUT2D eigenvalue weighted by Gasteiger charge is -2.17. The molecule has 0 aliphatic carbocycles. The van der Waals surface area contributed by atoms with Gasteiger partial charge in [-0.05, 0) is 0 Å². The molecule has 1 aromatic heterocycles. The smallest absolute Gasteiger partial charge is 0.452 e. The lowest BCUT2D eigenvalue weighted by molar-refractivity contribution is -0.170. The molecular formula is C8H7F3N2O3. The van der Waals surface area contributed by atoms with Crippen LogP contribution in [0.2, 0.25) is 0 Å². The van der Waals surface area contributed by atoms with Crippen LogP contribution in [-0.4, -0.2) is 30.9 Å². The van der Waals surface area contributed by atoms with E-state index in [1.54, 1.807) is 0 Å². The number of hydrogen-bond acceptors (Lipinski definition) is 3. The Hall–Kier alpha value is -1.86. The van der Waals surface area contributed by atoms with Crippen molar-refractivity contribution >= 4 is 11.7 Å². The van der Waals surface area contributed by atoms with Gasteiger partial charge in [0.25, 0.3) is 0 Å². The zero-order valence-corrected chi connectivity index (χ0v) is 8.09. The molecule has 0 atom stereocenters. The molecule has 1 N–H and O–H groups in total. The second kappa shape index (κ2) is 3.32. The standard InChI is InChI=1S/C8H7F3N2O3/c1-13(7(14)8(9,10)11)6-5-4(2-12-6)15-3-16-5/h2,12H,3H2,1H3. The van der Waals surface area contributed by atoms with Gasteiger partial charge in [0, 0.05) is 13.2 Å². The zero-order chi connectivity index (χ0) is 11.9. The number of carbonyl (C=O) groups excluding carboxylic acids is 1. The number of rotatable bonds is 1. The van der Waals surface area contributed by atoms with E-state index in [1.807, 2.05) is 0 Å². The second-order valence-electron chi connectivity index (χ2n) is 3.10. The van der Waals surface area contributed by atoms with Crippen molar-refractivity contribution in [3.05, 3.63) is 6.20 Å². The van der Waals surface area contributed by atoms with E-state index in [-0.39, 0.29) is 24.1 Å². The van der Waals surface area contributed by atoms with Crippen molar-refractivity contribution < 1.29 is 27.4 Å². The molecule has 88 valence electrons. The third-order valence-corrected chi connectivity index (χ3v) is 2.08. The number of nitrogens with one attached hydrogen (secondary N) is 1. The number of aromatic nitrogens is 1. The summed E-state index contributed by atoms with van der Waals surface area (Å²) in [6.45, 7) is -0.0691. The molecule has 0 aromatic carbocycles. The Kier molecular flexibility index (Phi) is 2.21. The molecule has 0 radical (unpaired) electrons. The van der Waals surface area contributed by atoms with Gasteiger partial charge in [0.05, 0.1) is 0 Å². The van der Waals surface area contributed by atoms with E-state index in [4.69, 9.17) is 9.47 Å². The summed E-state index contributed by atoms with van der Waals surface area (Å²) < 4.78 is 46.4. The highest BCUT2D eigenvalue weighted by atomic mass is 19.4. The first-order chi connectivity index (χ1) is 7.41. The fourth-order valence-corrected chi connectivity index (χ4v) is 1.32. The molecule has 2 rings (SSSR count). The van der Waals surface area contributed by atoms with Crippen LogP contribution in [0.1, 0.15) is 0 Å². The van der Waals surface area contributed by atoms with E-state index in [0.29, 0.717) is 4.90 Å². The van der Waals surface area contributed by atoms with E-state index in [9.17, 15) is 18.0 Å². The van der Waals surface area contributed by atoms with Crippen molar-refractivity contribution in [1.29, 1.82) is 0 Å². The first-order valence-corrected chi connectivity index (χ1v) is 4.23. The summed E-state index contributed by atoms with van der Waals surface area (Å²) in [6, 6.07) is 0. The SMILES string of the molecule is CN(C(=O)C(F)(F)F)c1[nH]cc2c1OCO2. The Labute approximate surface area is 87.7 Å². The molecule has 1 aliphatic rings. The van der Waals surface area contributed by atoms with E-state index in [1.165, 1.54) is 6.20 Å². The van der Waals surface area contributed by atoms with Gasteiger partial charge in [0.1, 0.15) is 0 Å². The molecule has 1 aliphatic heterocycles. The Bertz CT molecular complexity index is 427. The quantitative estimate of drug-likeness (QED) is 0.798. The van der Waals surface area contributed by atoms with Crippen LogP contribution in [0.15, 0.2) is 6.20 Å². The summed E-state index contributed by atoms with van der Waals surface area (Å²) in [5.41, 5.74) is 0. The van der Waals surface area contributed by atoms with Gasteiger partial charge in [0.15, 0.2) is 11.6 Å². The highest BCUT2D eigenvalue weighted by molar-refractivity contribution is 5.97. The van der Waals surface area contributed by atoms with Gasteiger partial charge >= 0.3 is 12.1 Å². The van der Waals surface area contributed by atoms with Crippen LogP contribution in [0.3, 0.4) is 0 Å². The predicted molar refractivity (Wildman–Crippen MR) is 46.4 cm³/mol. The summed E-state index contributed by atoms with van der Waals surface area (Å²) >= 11 is 0. The molecule has 8 heteroatoms. The number of aromatic amines is 1. The van der Waals surface area contributed by atoms with E-state index in [2.05, 4.69) is 4.98 Å². The van der Waals surface area contributed by atoms with Crippen LogP contribution < -0.4 is 14.4 Å². The van der Waals surface area contributed by atoms with Crippen molar-refractivity contribution in [2.24, 2.45) is 0 Å². The summed E-state index contributed by atoms with van der Waals surface area (Å²) in [5.74, 6) is -1.65. The molecule has 1 amide bonds. The number of nitrogens with zero attached hydrogens (tertiary/aromatic N) is 1. The van der Waals surface area contributed by atoms with E-state index < -0.39 is 12.1 Å². The van der Waals surface area contributed by atoms with Crippen LogP contribution in [0.25, 0.3) is 0 Å². The third-order valence-electron chi connectivity index (χ3n) is 2.08. The number of fused-ring (bicyclic) bond motifs is 1. The number of amides is 1. The van der Waals surface area contributed by atoms with Crippen molar-refractivity contribution in [2.45, 2.75) is 6.18 Å². The number of alkyl halides is 3. The second-order valence-corrected chi connectivity index (χ2v) is 3.10. The van der Waals surface area contributed by atoms with Crippen LogP contribution in [-0.2, 0) is 4.79 Å². The summed E-state index contributed by atoms with van der Waals surface area (Å²) in [7, 11) is 1.00. The highest BCUT2D eigenvalue weighted by Gasteiger charge is 2.43. The Morgan fingerprint density at radius 3 is 2.81 bits per heavy atom. The first-order valence-electron chi connectivity index (χ1n) is 4.23. The largest absolute Gasteiger partial charge is 0.471 e. The molecule has 0 fully saturated rings. The molecule has 0 saturated heterocycles. The Morgan fingerprint density at radius 1 is 1.50 bits per heavy atom. The minimum absolute atomic E-state index is 0.0691.